The highest BCUT2D eigenvalue weighted by Crippen LogP contribution is 2.24. The van der Waals surface area contributed by atoms with Gasteiger partial charge in [0.15, 0.2) is 0 Å². The molecule has 3 N–H and O–H groups in total. The summed E-state index contributed by atoms with van der Waals surface area (Å²) in [6.45, 7) is 3.18. The molecule has 19 heavy (non-hydrogen) atoms. The molecule has 0 aromatic carbocycles. The van der Waals surface area contributed by atoms with Gasteiger partial charge in [-0.3, -0.25) is 4.79 Å². The summed E-state index contributed by atoms with van der Waals surface area (Å²) in [4.78, 5) is 14.3. The number of hydrogen-bond acceptors (Lipinski definition) is 3. The van der Waals surface area contributed by atoms with Crippen molar-refractivity contribution in [1.82, 2.24) is 10.2 Å². The quantitative estimate of drug-likeness (QED) is 0.828. The van der Waals surface area contributed by atoms with Gasteiger partial charge in [0, 0.05) is 18.5 Å². The Balaban J connectivity index is 0.00000162. The predicted molar refractivity (Wildman–Crippen MR) is 83.0 cm³/mol. The summed E-state index contributed by atoms with van der Waals surface area (Å²) < 4.78 is 0. The van der Waals surface area contributed by atoms with Crippen molar-refractivity contribution in [2.24, 2.45) is 17.6 Å². The Morgan fingerprint density at radius 1 is 1.21 bits per heavy atom. The van der Waals surface area contributed by atoms with Gasteiger partial charge in [-0.1, -0.05) is 0 Å². The van der Waals surface area contributed by atoms with E-state index in [4.69, 9.17) is 5.73 Å². The van der Waals surface area contributed by atoms with Gasteiger partial charge in [0.2, 0.25) is 5.91 Å². The van der Waals surface area contributed by atoms with E-state index in [0.29, 0.717) is 5.92 Å². The summed E-state index contributed by atoms with van der Waals surface area (Å²) in [5.41, 5.74) is 5.83. The average Bonchev–Trinajstić information content (AvgIpc) is 2.75. The average molecular weight is 312 g/mol. The summed E-state index contributed by atoms with van der Waals surface area (Å²) in [5, 5.41) is 3.12. The van der Waals surface area contributed by atoms with Crippen molar-refractivity contribution in [1.29, 1.82) is 0 Å². The molecule has 0 spiro atoms. The minimum absolute atomic E-state index is 0. The summed E-state index contributed by atoms with van der Waals surface area (Å²) in [6, 6.07) is 0.245. The smallest absolute Gasteiger partial charge is 0.223 e. The number of nitrogens with two attached hydrogens (primary N) is 1. The van der Waals surface area contributed by atoms with E-state index in [1.165, 1.54) is 12.8 Å². The number of nitrogens with one attached hydrogen (secondary N) is 1. The molecule has 2 atom stereocenters. The fourth-order valence-corrected chi connectivity index (χ4v) is 2.91. The number of carbonyl (C=O) groups excluding carboxylic acids is 1. The maximum absolute atomic E-state index is 11.9. The van der Waals surface area contributed by atoms with Crippen molar-refractivity contribution in [2.75, 3.05) is 26.7 Å². The van der Waals surface area contributed by atoms with E-state index in [1.54, 1.807) is 0 Å². The molecule has 2 fully saturated rings. The standard InChI is InChI=1S/C13H25N3O.2ClH/c1-16-6-4-10(5-7-16)9-15-13(17)11-2-3-12(14)8-11;;/h10-12H,2-9,14H2,1H3,(H,15,17);2*1H. The van der Waals surface area contributed by atoms with Crippen LogP contribution in [0, 0.1) is 11.8 Å². The van der Waals surface area contributed by atoms with Gasteiger partial charge in [-0.05, 0) is 58.2 Å². The molecule has 0 aromatic rings. The maximum atomic E-state index is 11.9. The number of halogens is 2. The number of amides is 1. The van der Waals surface area contributed by atoms with E-state index in [9.17, 15) is 4.79 Å². The fraction of sp³-hybridized carbons (Fsp3) is 0.923. The molecule has 6 heteroatoms. The van der Waals surface area contributed by atoms with Gasteiger partial charge in [0.1, 0.15) is 0 Å². The number of piperidine rings is 1. The summed E-state index contributed by atoms with van der Waals surface area (Å²) in [7, 11) is 2.16. The van der Waals surface area contributed by atoms with Crippen molar-refractivity contribution in [3.63, 3.8) is 0 Å². The van der Waals surface area contributed by atoms with Gasteiger partial charge in [-0.2, -0.15) is 0 Å². The molecule has 114 valence electrons. The lowest BCUT2D eigenvalue weighted by Crippen LogP contribution is -2.38. The minimum Gasteiger partial charge on any atom is -0.356 e. The van der Waals surface area contributed by atoms with E-state index in [1.807, 2.05) is 0 Å². The first-order valence-corrected chi connectivity index (χ1v) is 6.87. The molecular weight excluding hydrogens is 285 g/mol. The van der Waals surface area contributed by atoms with Crippen LogP contribution in [0.4, 0.5) is 0 Å². The van der Waals surface area contributed by atoms with Crippen molar-refractivity contribution < 1.29 is 4.79 Å². The molecular formula is C13H27Cl2N3O. The zero-order valence-electron chi connectivity index (χ0n) is 11.6. The van der Waals surface area contributed by atoms with Gasteiger partial charge in [0.05, 0.1) is 0 Å². The van der Waals surface area contributed by atoms with E-state index < -0.39 is 0 Å². The van der Waals surface area contributed by atoms with Crippen molar-refractivity contribution in [2.45, 2.75) is 38.1 Å². The lowest BCUT2D eigenvalue weighted by molar-refractivity contribution is -0.125. The Morgan fingerprint density at radius 3 is 2.37 bits per heavy atom. The van der Waals surface area contributed by atoms with E-state index in [0.717, 1.165) is 38.9 Å². The molecule has 1 heterocycles. The van der Waals surface area contributed by atoms with Gasteiger partial charge in [-0.15, -0.1) is 24.8 Å². The minimum atomic E-state index is 0. The van der Waals surface area contributed by atoms with Crippen molar-refractivity contribution in [3.8, 4) is 0 Å². The first kappa shape index (κ1) is 19.0. The molecule has 0 radical (unpaired) electrons. The molecule has 1 amide bonds. The largest absolute Gasteiger partial charge is 0.356 e. The maximum Gasteiger partial charge on any atom is 0.223 e. The highest BCUT2D eigenvalue weighted by molar-refractivity contribution is 5.85. The number of likely N-dealkylation sites (tertiary alicyclic amines) is 1. The molecule has 4 nitrogen and oxygen atoms in total. The van der Waals surface area contributed by atoms with Crippen LogP contribution >= 0.6 is 24.8 Å². The Morgan fingerprint density at radius 2 is 1.84 bits per heavy atom. The van der Waals surface area contributed by atoms with Crippen LogP contribution < -0.4 is 11.1 Å². The second-order valence-corrected chi connectivity index (χ2v) is 5.76. The Labute approximate surface area is 128 Å². The molecule has 2 aliphatic rings. The SMILES string of the molecule is CN1CCC(CNC(=O)C2CCC(N)C2)CC1.Cl.Cl. The monoisotopic (exact) mass is 311 g/mol. The Bertz CT molecular complexity index is 271. The lowest BCUT2D eigenvalue weighted by atomic mass is 9.97. The zero-order chi connectivity index (χ0) is 12.3. The third-order valence-electron chi connectivity index (χ3n) is 4.25. The molecule has 1 saturated carbocycles. The normalized spacial score (nSPS) is 28.3. The third kappa shape index (κ3) is 5.86. The van der Waals surface area contributed by atoms with Gasteiger partial charge in [-0.25, -0.2) is 0 Å². The second-order valence-electron chi connectivity index (χ2n) is 5.76. The van der Waals surface area contributed by atoms with Crippen LogP contribution in [-0.4, -0.2) is 43.5 Å². The first-order chi connectivity index (χ1) is 8.15. The first-order valence-electron chi connectivity index (χ1n) is 6.87. The van der Waals surface area contributed by atoms with Crippen molar-refractivity contribution >= 4 is 30.7 Å². The predicted octanol–water partition coefficient (Wildman–Crippen LogP) is 1.42. The van der Waals surface area contributed by atoms with Crippen LogP contribution in [-0.2, 0) is 4.79 Å². The topological polar surface area (TPSA) is 58.4 Å². The van der Waals surface area contributed by atoms with E-state index >= 15 is 0 Å². The molecule has 0 aromatic heterocycles. The Kier molecular flexibility index (Phi) is 8.99. The van der Waals surface area contributed by atoms with Crippen LogP contribution in [0.5, 0.6) is 0 Å². The van der Waals surface area contributed by atoms with Gasteiger partial charge >= 0.3 is 0 Å². The van der Waals surface area contributed by atoms with Gasteiger partial charge < -0.3 is 16.0 Å². The number of carbonyl (C=O) groups is 1. The van der Waals surface area contributed by atoms with Crippen LogP contribution in [0.1, 0.15) is 32.1 Å². The van der Waals surface area contributed by atoms with Gasteiger partial charge in [0.25, 0.3) is 0 Å². The molecule has 2 rings (SSSR count). The molecule has 1 aliphatic heterocycles. The number of rotatable bonds is 3. The number of hydrogen-bond donors (Lipinski definition) is 2. The van der Waals surface area contributed by atoms with Crippen molar-refractivity contribution in [3.05, 3.63) is 0 Å². The highest BCUT2D eigenvalue weighted by atomic mass is 35.5. The van der Waals surface area contributed by atoms with E-state index in [-0.39, 0.29) is 42.7 Å². The van der Waals surface area contributed by atoms with Crippen LogP contribution in [0.25, 0.3) is 0 Å². The summed E-state index contributed by atoms with van der Waals surface area (Å²) in [6.07, 6.45) is 5.27. The molecule has 1 aliphatic carbocycles. The Hall–Kier alpha value is -0.0300. The molecule has 1 saturated heterocycles. The number of nitrogens with zero attached hydrogens (tertiary/aromatic N) is 1. The second kappa shape index (κ2) is 9.01. The highest BCUT2D eigenvalue weighted by Gasteiger charge is 2.28. The third-order valence-corrected chi connectivity index (χ3v) is 4.25. The van der Waals surface area contributed by atoms with E-state index in [2.05, 4.69) is 17.3 Å². The van der Waals surface area contributed by atoms with Crippen LogP contribution in [0.15, 0.2) is 0 Å². The zero-order valence-corrected chi connectivity index (χ0v) is 13.3. The summed E-state index contributed by atoms with van der Waals surface area (Å²) >= 11 is 0. The lowest BCUT2D eigenvalue weighted by Gasteiger charge is -2.29. The van der Waals surface area contributed by atoms with Crippen LogP contribution in [0.3, 0.4) is 0 Å². The molecule has 0 bridgehead atoms. The fourth-order valence-electron chi connectivity index (χ4n) is 2.91. The molecule has 2 unspecified atom stereocenters. The summed E-state index contributed by atoms with van der Waals surface area (Å²) in [5.74, 6) is 1.08. The van der Waals surface area contributed by atoms with Crippen LogP contribution in [0.2, 0.25) is 0 Å².